The lowest BCUT2D eigenvalue weighted by Gasteiger charge is -2.11. The van der Waals surface area contributed by atoms with Gasteiger partial charge in [0.1, 0.15) is 0 Å². The third-order valence-corrected chi connectivity index (χ3v) is 3.93. The molecule has 1 atom stereocenters. The molecule has 0 aliphatic carbocycles. The molecule has 128 valence electrons. The zero-order chi connectivity index (χ0) is 17.5. The van der Waals surface area contributed by atoms with Crippen molar-refractivity contribution < 1.29 is 9.90 Å². The zero-order valence-electron chi connectivity index (χ0n) is 14.5. The Morgan fingerprint density at radius 3 is 2.71 bits per heavy atom. The fourth-order valence-corrected chi connectivity index (χ4v) is 2.64. The second-order valence-corrected chi connectivity index (χ2v) is 5.94. The van der Waals surface area contributed by atoms with E-state index in [1.54, 1.807) is 6.08 Å². The maximum Gasteiger partial charge on any atom is 0.244 e. The van der Waals surface area contributed by atoms with Crippen LogP contribution in [0.25, 0.3) is 11.8 Å². The molecular weight excluding hydrogens is 302 g/mol. The molecule has 5 nitrogen and oxygen atoms in total. The van der Waals surface area contributed by atoms with Gasteiger partial charge < -0.3 is 10.4 Å². The number of hydrogen-bond donors (Lipinski definition) is 2. The van der Waals surface area contributed by atoms with Crippen molar-refractivity contribution in [2.75, 3.05) is 6.61 Å². The maximum atomic E-state index is 12.0. The molecule has 2 rings (SSSR count). The first-order valence-electron chi connectivity index (χ1n) is 8.24. The Bertz CT molecular complexity index is 705. The van der Waals surface area contributed by atoms with Crippen molar-refractivity contribution in [2.24, 2.45) is 0 Å². The quantitative estimate of drug-likeness (QED) is 0.769. The van der Waals surface area contributed by atoms with Gasteiger partial charge in [-0.3, -0.25) is 4.79 Å². The SMILES string of the molecule is Cc1nn(-c2ccccc2)c(C)c1/C=C/C(=O)NC(C)CCCO. The van der Waals surface area contributed by atoms with Gasteiger partial charge in [-0.2, -0.15) is 5.10 Å². The number of hydrogen-bond acceptors (Lipinski definition) is 3. The molecule has 0 radical (unpaired) electrons. The van der Waals surface area contributed by atoms with Crippen LogP contribution in [0.4, 0.5) is 0 Å². The molecule has 0 bridgehead atoms. The molecule has 1 amide bonds. The third-order valence-electron chi connectivity index (χ3n) is 3.93. The second kappa shape index (κ2) is 8.45. The summed E-state index contributed by atoms with van der Waals surface area (Å²) in [6.07, 6.45) is 4.81. The van der Waals surface area contributed by atoms with Gasteiger partial charge in [0.25, 0.3) is 0 Å². The highest BCUT2D eigenvalue weighted by molar-refractivity contribution is 5.92. The maximum absolute atomic E-state index is 12.0. The number of aliphatic hydroxyl groups excluding tert-OH is 1. The molecule has 0 aliphatic heterocycles. The van der Waals surface area contributed by atoms with E-state index in [0.717, 1.165) is 29.1 Å². The van der Waals surface area contributed by atoms with Crippen molar-refractivity contribution in [1.82, 2.24) is 15.1 Å². The molecule has 1 aromatic heterocycles. The highest BCUT2D eigenvalue weighted by Gasteiger charge is 2.11. The molecule has 2 N–H and O–H groups in total. The molecule has 0 saturated heterocycles. The lowest BCUT2D eigenvalue weighted by Crippen LogP contribution is -2.31. The van der Waals surface area contributed by atoms with Gasteiger partial charge in [-0.25, -0.2) is 4.68 Å². The van der Waals surface area contributed by atoms with Crippen molar-refractivity contribution in [3.05, 3.63) is 53.4 Å². The summed E-state index contributed by atoms with van der Waals surface area (Å²) in [6.45, 7) is 6.01. The lowest BCUT2D eigenvalue weighted by atomic mass is 10.1. The summed E-state index contributed by atoms with van der Waals surface area (Å²) in [7, 11) is 0. The first-order chi connectivity index (χ1) is 11.5. The Morgan fingerprint density at radius 2 is 2.04 bits per heavy atom. The second-order valence-electron chi connectivity index (χ2n) is 5.94. The Balaban J connectivity index is 2.10. The highest BCUT2D eigenvalue weighted by Crippen LogP contribution is 2.19. The first kappa shape index (κ1) is 17.9. The number of nitrogens with zero attached hydrogens (tertiary/aromatic N) is 2. The Hall–Kier alpha value is -2.40. The van der Waals surface area contributed by atoms with Crippen LogP contribution in [0.5, 0.6) is 0 Å². The van der Waals surface area contributed by atoms with E-state index < -0.39 is 0 Å². The van der Waals surface area contributed by atoms with E-state index in [1.165, 1.54) is 0 Å². The Morgan fingerprint density at radius 1 is 1.33 bits per heavy atom. The van der Waals surface area contributed by atoms with Crippen molar-refractivity contribution in [1.29, 1.82) is 0 Å². The minimum atomic E-state index is -0.133. The van der Waals surface area contributed by atoms with E-state index in [2.05, 4.69) is 10.4 Å². The summed E-state index contributed by atoms with van der Waals surface area (Å²) in [5.74, 6) is -0.133. The van der Waals surface area contributed by atoms with Crippen LogP contribution in [0, 0.1) is 13.8 Å². The van der Waals surface area contributed by atoms with Crippen molar-refractivity contribution in [3.63, 3.8) is 0 Å². The van der Waals surface area contributed by atoms with Gasteiger partial charge >= 0.3 is 0 Å². The average molecular weight is 327 g/mol. The molecule has 1 aromatic carbocycles. The summed E-state index contributed by atoms with van der Waals surface area (Å²) >= 11 is 0. The number of aryl methyl sites for hydroxylation is 1. The number of rotatable bonds is 7. The summed E-state index contributed by atoms with van der Waals surface area (Å²) in [5, 5.41) is 16.3. The van der Waals surface area contributed by atoms with Crippen LogP contribution in [0.2, 0.25) is 0 Å². The summed E-state index contributed by atoms with van der Waals surface area (Å²) in [4.78, 5) is 12.0. The number of para-hydroxylation sites is 1. The molecule has 1 unspecified atom stereocenters. The molecule has 0 fully saturated rings. The summed E-state index contributed by atoms with van der Waals surface area (Å²) in [5.41, 5.74) is 3.83. The number of carbonyl (C=O) groups is 1. The van der Waals surface area contributed by atoms with Gasteiger partial charge in [0.15, 0.2) is 0 Å². The summed E-state index contributed by atoms with van der Waals surface area (Å²) < 4.78 is 1.89. The van der Waals surface area contributed by atoms with Crippen molar-refractivity contribution >= 4 is 12.0 Å². The minimum Gasteiger partial charge on any atom is -0.396 e. The Kier molecular flexibility index (Phi) is 6.32. The predicted octanol–water partition coefficient (Wildman–Crippen LogP) is 2.78. The summed E-state index contributed by atoms with van der Waals surface area (Å²) in [6, 6.07) is 9.97. The van der Waals surface area contributed by atoms with Gasteiger partial charge in [-0.15, -0.1) is 0 Å². The van der Waals surface area contributed by atoms with E-state index in [9.17, 15) is 4.79 Å². The van der Waals surface area contributed by atoms with Crippen molar-refractivity contribution in [2.45, 2.75) is 39.7 Å². The molecule has 0 aliphatic rings. The number of nitrogens with one attached hydrogen (secondary N) is 1. The molecule has 24 heavy (non-hydrogen) atoms. The molecule has 5 heteroatoms. The van der Waals surface area contributed by atoms with E-state index in [1.807, 2.05) is 61.9 Å². The third kappa shape index (κ3) is 4.55. The fourth-order valence-electron chi connectivity index (χ4n) is 2.64. The predicted molar refractivity (Wildman–Crippen MR) is 96.0 cm³/mol. The number of aliphatic hydroxyl groups is 1. The molecule has 1 heterocycles. The largest absolute Gasteiger partial charge is 0.396 e. The number of benzene rings is 1. The average Bonchev–Trinajstić information content (AvgIpc) is 2.86. The monoisotopic (exact) mass is 327 g/mol. The van der Waals surface area contributed by atoms with Crippen LogP contribution in [0.1, 0.15) is 36.7 Å². The Labute approximate surface area is 143 Å². The van der Waals surface area contributed by atoms with E-state index in [4.69, 9.17) is 5.11 Å². The van der Waals surface area contributed by atoms with Gasteiger partial charge in [0, 0.05) is 30.0 Å². The van der Waals surface area contributed by atoms with E-state index in [0.29, 0.717) is 6.42 Å². The van der Waals surface area contributed by atoms with Crippen molar-refractivity contribution in [3.8, 4) is 5.69 Å². The highest BCUT2D eigenvalue weighted by atomic mass is 16.3. The zero-order valence-corrected chi connectivity index (χ0v) is 14.5. The smallest absolute Gasteiger partial charge is 0.244 e. The van der Waals surface area contributed by atoms with Crippen LogP contribution in [0.3, 0.4) is 0 Å². The van der Waals surface area contributed by atoms with E-state index >= 15 is 0 Å². The van der Waals surface area contributed by atoms with Crippen LogP contribution in [-0.2, 0) is 4.79 Å². The van der Waals surface area contributed by atoms with Gasteiger partial charge in [-0.1, -0.05) is 18.2 Å². The van der Waals surface area contributed by atoms with Gasteiger partial charge in [0.05, 0.1) is 11.4 Å². The molecule has 0 saturated carbocycles. The fraction of sp³-hybridized carbons (Fsp3) is 0.368. The normalized spacial score (nSPS) is 12.5. The number of carbonyl (C=O) groups excluding carboxylic acids is 1. The van der Waals surface area contributed by atoms with Crippen LogP contribution < -0.4 is 5.32 Å². The minimum absolute atomic E-state index is 0.0449. The standard InChI is InChI=1S/C19H25N3O2/c1-14(8-7-13-23)20-19(24)12-11-18-15(2)21-22(16(18)3)17-9-5-4-6-10-17/h4-6,9-12,14,23H,7-8,13H2,1-3H3,(H,20,24)/b12-11+. The van der Waals surface area contributed by atoms with E-state index in [-0.39, 0.29) is 18.6 Å². The molecule has 2 aromatic rings. The molecular formula is C19H25N3O2. The van der Waals surface area contributed by atoms with Gasteiger partial charge in [-0.05, 0) is 51.8 Å². The lowest BCUT2D eigenvalue weighted by molar-refractivity contribution is -0.117. The number of aromatic nitrogens is 2. The topological polar surface area (TPSA) is 67.2 Å². The number of amides is 1. The van der Waals surface area contributed by atoms with Crippen LogP contribution in [-0.4, -0.2) is 33.4 Å². The molecule has 0 spiro atoms. The first-order valence-corrected chi connectivity index (χ1v) is 8.24. The van der Waals surface area contributed by atoms with Gasteiger partial charge in [0.2, 0.25) is 5.91 Å². The van der Waals surface area contributed by atoms with Crippen LogP contribution in [0.15, 0.2) is 36.4 Å². The van der Waals surface area contributed by atoms with Crippen LogP contribution >= 0.6 is 0 Å².